The fourth-order valence-corrected chi connectivity index (χ4v) is 4.16. The van der Waals surface area contributed by atoms with Crippen LogP contribution in [0.25, 0.3) is 0 Å². The molecule has 1 aromatic carbocycles. The highest BCUT2D eigenvalue weighted by Gasteiger charge is 2.26. The van der Waals surface area contributed by atoms with Crippen molar-refractivity contribution in [3.63, 3.8) is 0 Å². The van der Waals surface area contributed by atoms with E-state index in [1.54, 1.807) is 6.07 Å². The molecule has 2 aliphatic heterocycles. The van der Waals surface area contributed by atoms with E-state index in [-0.39, 0.29) is 0 Å². The Hall–Kier alpha value is -1.61. The molecule has 26 heavy (non-hydrogen) atoms. The third-order valence-electron chi connectivity index (χ3n) is 5.39. The third-order valence-corrected chi connectivity index (χ3v) is 5.39. The highest BCUT2D eigenvalue weighted by Crippen LogP contribution is 2.21. The molecule has 5 nitrogen and oxygen atoms in total. The van der Waals surface area contributed by atoms with Crippen molar-refractivity contribution in [3.8, 4) is 11.8 Å². The van der Waals surface area contributed by atoms with Gasteiger partial charge in [-0.15, -0.1) is 0 Å². The summed E-state index contributed by atoms with van der Waals surface area (Å²) in [6, 6.07) is 9.63. The van der Waals surface area contributed by atoms with Crippen LogP contribution in [-0.4, -0.2) is 67.9 Å². The Morgan fingerprint density at radius 1 is 1.12 bits per heavy atom. The predicted octanol–water partition coefficient (Wildman–Crippen LogP) is 2.76. The Kier molecular flexibility index (Phi) is 6.90. The van der Waals surface area contributed by atoms with Crippen molar-refractivity contribution in [2.24, 2.45) is 5.92 Å². The van der Waals surface area contributed by atoms with Crippen LogP contribution in [-0.2, 0) is 4.74 Å². The number of morpholine rings is 1. The van der Waals surface area contributed by atoms with Crippen molar-refractivity contribution in [3.05, 3.63) is 29.8 Å². The molecule has 0 saturated carbocycles. The van der Waals surface area contributed by atoms with Gasteiger partial charge in [0.25, 0.3) is 0 Å². The van der Waals surface area contributed by atoms with E-state index in [9.17, 15) is 0 Å². The molecule has 0 amide bonds. The van der Waals surface area contributed by atoms with Crippen LogP contribution in [0.3, 0.4) is 0 Å². The second-order valence-corrected chi connectivity index (χ2v) is 7.72. The second kappa shape index (κ2) is 9.36. The Labute approximate surface area is 157 Å². The van der Waals surface area contributed by atoms with E-state index in [0.29, 0.717) is 30.1 Å². The first-order valence-corrected chi connectivity index (χ1v) is 9.86. The summed E-state index contributed by atoms with van der Waals surface area (Å²) in [7, 11) is 0. The lowest BCUT2D eigenvalue weighted by molar-refractivity contribution is -0.0732. The summed E-state index contributed by atoms with van der Waals surface area (Å²) in [6.45, 7) is 11.5. The molecule has 2 aliphatic rings. The second-order valence-electron chi connectivity index (χ2n) is 7.72. The van der Waals surface area contributed by atoms with Gasteiger partial charge in [0.05, 0.1) is 17.8 Å². The molecule has 0 aliphatic carbocycles. The van der Waals surface area contributed by atoms with Gasteiger partial charge in [0.2, 0.25) is 0 Å². The molecule has 0 aromatic heterocycles. The standard InChI is InChI=1S/C21H31N3O2/c1-17-14-24(15-18(2)26-17)16-19-7-9-23(10-8-19)11-12-25-21-6-4-3-5-20(21)13-22/h3-6,17-19H,7-12,14-16H2,1-2H3. The first-order chi connectivity index (χ1) is 12.6. The lowest BCUT2D eigenvalue weighted by Crippen LogP contribution is -2.48. The molecular formula is C21H31N3O2. The van der Waals surface area contributed by atoms with Gasteiger partial charge in [-0.1, -0.05) is 12.1 Å². The zero-order valence-electron chi connectivity index (χ0n) is 16.1. The van der Waals surface area contributed by atoms with E-state index in [1.807, 2.05) is 18.2 Å². The molecule has 2 saturated heterocycles. The number of likely N-dealkylation sites (tertiary alicyclic amines) is 1. The van der Waals surface area contributed by atoms with Gasteiger partial charge in [-0.2, -0.15) is 5.26 Å². The monoisotopic (exact) mass is 357 g/mol. The average Bonchev–Trinajstić information content (AvgIpc) is 2.63. The summed E-state index contributed by atoms with van der Waals surface area (Å²) in [5.74, 6) is 1.49. The molecule has 0 bridgehead atoms. The number of nitriles is 1. The van der Waals surface area contributed by atoms with Crippen LogP contribution in [0.2, 0.25) is 0 Å². The van der Waals surface area contributed by atoms with E-state index in [4.69, 9.17) is 14.7 Å². The highest BCUT2D eigenvalue weighted by molar-refractivity contribution is 5.42. The smallest absolute Gasteiger partial charge is 0.137 e. The largest absolute Gasteiger partial charge is 0.491 e. The quantitative estimate of drug-likeness (QED) is 0.783. The molecule has 2 atom stereocenters. The highest BCUT2D eigenvalue weighted by atomic mass is 16.5. The Bertz CT molecular complexity index is 598. The SMILES string of the molecule is CC1CN(CC2CCN(CCOc3ccccc3C#N)CC2)CC(C)O1. The number of piperidine rings is 1. The first kappa shape index (κ1) is 19.2. The molecule has 0 N–H and O–H groups in total. The lowest BCUT2D eigenvalue weighted by atomic mass is 9.95. The van der Waals surface area contributed by atoms with Crippen LogP contribution in [0.15, 0.2) is 24.3 Å². The fraction of sp³-hybridized carbons (Fsp3) is 0.667. The van der Waals surface area contributed by atoms with Gasteiger partial charge in [0.15, 0.2) is 0 Å². The Morgan fingerprint density at radius 3 is 2.50 bits per heavy atom. The first-order valence-electron chi connectivity index (χ1n) is 9.86. The summed E-state index contributed by atoms with van der Waals surface area (Å²) in [4.78, 5) is 5.07. The van der Waals surface area contributed by atoms with E-state index >= 15 is 0 Å². The summed E-state index contributed by atoms with van der Waals surface area (Å²) in [5, 5.41) is 9.11. The number of rotatable bonds is 6. The Morgan fingerprint density at radius 2 is 1.81 bits per heavy atom. The maximum Gasteiger partial charge on any atom is 0.137 e. The molecule has 2 unspecified atom stereocenters. The summed E-state index contributed by atoms with van der Waals surface area (Å²) >= 11 is 0. The van der Waals surface area contributed by atoms with Crippen LogP contribution >= 0.6 is 0 Å². The van der Waals surface area contributed by atoms with Gasteiger partial charge < -0.3 is 9.47 Å². The minimum atomic E-state index is 0.354. The van der Waals surface area contributed by atoms with E-state index in [2.05, 4.69) is 29.7 Å². The topological polar surface area (TPSA) is 48.7 Å². The zero-order chi connectivity index (χ0) is 18.4. The normalized spacial score (nSPS) is 25.7. The summed E-state index contributed by atoms with van der Waals surface area (Å²) in [5.41, 5.74) is 0.611. The molecule has 0 radical (unpaired) electrons. The van der Waals surface area contributed by atoms with Crippen LogP contribution in [0.1, 0.15) is 32.3 Å². The Balaban J connectivity index is 1.36. The van der Waals surface area contributed by atoms with Gasteiger partial charge in [0, 0.05) is 26.2 Å². The van der Waals surface area contributed by atoms with Crippen LogP contribution in [0, 0.1) is 17.2 Å². The molecule has 5 heteroatoms. The van der Waals surface area contributed by atoms with Crippen molar-refractivity contribution in [1.82, 2.24) is 9.80 Å². The van der Waals surface area contributed by atoms with Crippen LogP contribution < -0.4 is 4.74 Å². The minimum Gasteiger partial charge on any atom is -0.491 e. The van der Waals surface area contributed by atoms with Crippen LogP contribution in [0.5, 0.6) is 5.75 Å². The van der Waals surface area contributed by atoms with E-state index in [0.717, 1.165) is 38.6 Å². The number of nitrogens with zero attached hydrogens (tertiary/aromatic N) is 3. The minimum absolute atomic E-state index is 0.354. The van der Waals surface area contributed by atoms with Gasteiger partial charge in [-0.3, -0.25) is 9.80 Å². The predicted molar refractivity (Wildman–Crippen MR) is 102 cm³/mol. The summed E-state index contributed by atoms with van der Waals surface area (Å²) in [6.07, 6.45) is 3.23. The van der Waals surface area contributed by atoms with Gasteiger partial charge in [0.1, 0.15) is 18.4 Å². The molecule has 3 rings (SSSR count). The third kappa shape index (κ3) is 5.44. The van der Waals surface area contributed by atoms with Crippen LogP contribution in [0.4, 0.5) is 0 Å². The zero-order valence-corrected chi connectivity index (χ0v) is 16.1. The number of hydrogen-bond acceptors (Lipinski definition) is 5. The maximum atomic E-state index is 9.11. The number of para-hydroxylation sites is 1. The van der Waals surface area contributed by atoms with Crippen molar-refractivity contribution in [1.29, 1.82) is 5.26 Å². The summed E-state index contributed by atoms with van der Waals surface area (Å²) < 4.78 is 11.7. The van der Waals surface area contributed by atoms with Gasteiger partial charge in [-0.25, -0.2) is 0 Å². The lowest BCUT2D eigenvalue weighted by Gasteiger charge is -2.39. The van der Waals surface area contributed by atoms with E-state index < -0.39 is 0 Å². The maximum absolute atomic E-state index is 9.11. The van der Waals surface area contributed by atoms with Crippen molar-refractivity contribution < 1.29 is 9.47 Å². The molecular weight excluding hydrogens is 326 g/mol. The van der Waals surface area contributed by atoms with Gasteiger partial charge >= 0.3 is 0 Å². The van der Waals surface area contributed by atoms with Crippen molar-refractivity contribution >= 4 is 0 Å². The number of hydrogen-bond donors (Lipinski definition) is 0. The molecule has 1 aromatic rings. The number of benzene rings is 1. The van der Waals surface area contributed by atoms with E-state index in [1.165, 1.54) is 19.4 Å². The molecule has 142 valence electrons. The molecule has 0 spiro atoms. The molecule has 2 heterocycles. The van der Waals surface area contributed by atoms with Gasteiger partial charge in [-0.05, 0) is 57.8 Å². The number of ether oxygens (including phenoxy) is 2. The fourth-order valence-electron chi connectivity index (χ4n) is 4.16. The van der Waals surface area contributed by atoms with Crippen molar-refractivity contribution in [2.75, 3.05) is 45.9 Å². The van der Waals surface area contributed by atoms with Crippen molar-refractivity contribution in [2.45, 2.75) is 38.9 Å². The molecule has 2 fully saturated rings. The average molecular weight is 357 g/mol.